The topological polar surface area (TPSA) is 71.2 Å². The van der Waals surface area contributed by atoms with E-state index in [0.717, 1.165) is 44.5 Å². The van der Waals surface area contributed by atoms with Crippen molar-refractivity contribution >= 4 is 11.7 Å². The summed E-state index contributed by atoms with van der Waals surface area (Å²) in [6, 6.07) is 3.63. The number of nitrogen functional groups attached to an aromatic ring is 1. The molecule has 1 fully saturated rings. The lowest BCUT2D eigenvalue weighted by Gasteiger charge is -2.17. The molecule has 1 saturated heterocycles. The maximum atomic E-state index is 12.6. The van der Waals surface area contributed by atoms with E-state index in [0.29, 0.717) is 17.3 Å². The van der Waals surface area contributed by atoms with Crippen LogP contribution in [0.15, 0.2) is 12.1 Å². The summed E-state index contributed by atoms with van der Waals surface area (Å²) in [5, 5.41) is 0. The van der Waals surface area contributed by atoms with Gasteiger partial charge in [-0.1, -0.05) is 26.7 Å². The third-order valence-corrected chi connectivity index (χ3v) is 3.93. The molecule has 1 aliphatic heterocycles. The maximum absolute atomic E-state index is 12.6. The van der Waals surface area contributed by atoms with E-state index in [1.807, 2.05) is 11.0 Å². The minimum Gasteiger partial charge on any atom is -0.338 e. The Hall–Kier alpha value is -1.62. The van der Waals surface area contributed by atoms with Gasteiger partial charge in [0.2, 0.25) is 0 Å². The highest BCUT2D eigenvalue weighted by molar-refractivity contribution is 5.95. The van der Waals surface area contributed by atoms with Crippen molar-refractivity contribution in [3.63, 3.8) is 0 Å². The normalized spacial score (nSPS) is 18.4. The molecule has 2 heterocycles. The number of carbonyl (C=O) groups is 1. The zero-order chi connectivity index (χ0) is 14.5. The molecular formula is C15H24N4O. The molecular weight excluding hydrogens is 252 g/mol. The summed E-state index contributed by atoms with van der Waals surface area (Å²) in [5.74, 6) is 6.74. The quantitative estimate of drug-likeness (QED) is 0.639. The summed E-state index contributed by atoms with van der Waals surface area (Å²) >= 11 is 0. The van der Waals surface area contributed by atoms with Gasteiger partial charge in [0.25, 0.3) is 5.91 Å². The lowest BCUT2D eigenvalue weighted by Crippen LogP contribution is -2.29. The van der Waals surface area contributed by atoms with Crippen molar-refractivity contribution in [2.45, 2.75) is 39.5 Å². The molecule has 1 aromatic rings. The molecule has 1 atom stereocenters. The van der Waals surface area contributed by atoms with E-state index in [1.54, 1.807) is 6.07 Å². The smallest absolute Gasteiger partial charge is 0.254 e. The van der Waals surface area contributed by atoms with Crippen LogP contribution in [-0.4, -0.2) is 28.9 Å². The zero-order valence-electron chi connectivity index (χ0n) is 12.4. The number of aryl methyl sites for hydroxylation is 1. The third kappa shape index (κ3) is 3.28. The summed E-state index contributed by atoms with van der Waals surface area (Å²) in [4.78, 5) is 18.9. The number of pyridine rings is 1. The van der Waals surface area contributed by atoms with Crippen molar-refractivity contribution in [2.75, 3.05) is 18.5 Å². The number of carbonyl (C=O) groups excluding carboxylic acids is 1. The summed E-state index contributed by atoms with van der Waals surface area (Å²) in [5.41, 5.74) is 4.15. The van der Waals surface area contributed by atoms with Gasteiger partial charge in [-0.3, -0.25) is 4.79 Å². The average molecular weight is 276 g/mol. The van der Waals surface area contributed by atoms with Gasteiger partial charge in [0.05, 0.1) is 0 Å². The van der Waals surface area contributed by atoms with E-state index in [4.69, 9.17) is 5.84 Å². The first-order valence-corrected chi connectivity index (χ1v) is 7.44. The highest BCUT2D eigenvalue weighted by atomic mass is 16.2. The zero-order valence-corrected chi connectivity index (χ0v) is 12.4. The van der Waals surface area contributed by atoms with E-state index < -0.39 is 0 Å². The second-order valence-corrected chi connectivity index (χ2v) is 5.44. The Balaban J connectivity index is 2.18. The molecule has 5 nitrogen and oxygen atoms in total. The van der Waals surface area contributed by atoms with Crippen molar-refractivity contribution < 1.29 is 4.79 Å². The van der Waals surface area contributed by atoms with Crippen molar-refractivity contribution in [1.82, 2.24) is 9.88 Å². The SMILES string of the molecule is CCCc1cc(C(=O)N2CCC(CC)C2)cc(NN)n1. The molecule has 0 bridgehead atoms. The van der Waals surface area contributed by atoms with Crippen molar-refractivity contribution in [3.05, 3.63) is 23.4 Å². The molecule has 1 aliphatic rings. The standard InChI is InChI=1S/C15H24N4O/c1-3-5-13-8-12(9-14(17-13)18-16)15(20)19-7-6-11(4-2)10-19/h8-9,11H,3-7,10,16H2,1-2H3,(H,17,18). The number of hydrogen-bond acceptors (Lipinski definition) is 4. The molecule has 1 amide bonds. The minimum absolute atomic E-state index is 0.0946. The number of hydrogen-bond donors (Lipinski definition) is 2. The Bertz CT molecular complexity index is 475. The molecule has 1 unspecified atom stereocenters. The number of nitrogens with two attached hydrogens (primary N) is 1. The number of aromatic nitrogens is 1. The minimum atomic E-state index is 0.0946. The van der Waals surface area contributed by atoms with Crippen LogP contribution in [0.3, 0.4) is 0 Å². The van der Waals surface area contributed by atoms with Gasteiger partial charge in [-0.2, -0.15) is 0 Å². The van der Waals surface area contributed by atoms with E-state index in [2.05, 4.69) is 24.3 Å². The van der Waals surface area contributed by atoms with Gasteiger partial charge in [-0.25, -0.2) is 10.8 Å². The fourth-order valence-electron chi connectivity index (χ4n) is 2.70. The molecule has 0 spiro atoms. The molecule has 0 radical (unpaired) electrons. The summed E-state index contributed by atoms with van der Waals surface area (Å²) < 4.78 is 0. The second kappa shape index (κ2) is 6.70. The number of anilines is 1. The van der Waals surface area contributed by atoms with Crippen LogP contribution in [0.2, 0.25) is 0 Å². The lowest BCUT2D eigenvalue weighted by atomic mass is 10.1. The van der Waals surface area contributed by atoms with Crippen LogP contribution in [0.25, 0.3) is 0 Å². The number of hydrazine groups is 1. The molecule has 1 aromatic heterocycles. The highest BCUT2D eigenvalue weighted by Gasteiger charge is 2.26. The van der Waals surface area contributed by atoms with Crippen LogP contribution < -0.4 is 11.3 Å². The Morgan fingerprint density at radius 2 is 2.30 bits per heavy atom. The van der Waals surface area contributed by atoms with Gasteiger partial charge < -0.3 is 10.3 Å². The molecule has 0 aromatic carbocycles. The molecule has 0 saturated carbocycles. The number of rotatable bonds is 5. The Kier molecular flexibility index (Phi) is 4.95. The van der Waals surface area contributed by atoms with Crippen LogP contribution in [0.5, 0.6) is 0 Å². The van der Waals surface area contributed by atoms with Crippen molar-refractivity contribution in [1.29, 1.82) is 0 Å². The van der Waals surface area contributed by atoms with Crippen LogP contribution >= 0.6 is 0 Å². The number of likely N-dealkylation sites (tertiary alicyclic amines) is 1. The monoisotopic (exact) mass is 276 g/mol. The van der Waals surface area contributed by atoms with E-state index in [-0.39, 0.29) is 5.91 Å². The van der Waals surface area contributed by atoms with Gasteiger partial charge in [-0.15, -0.1) is 0 Å². The van der Waals surface area contributed by atoms with Crippen molar-refractivity contribution in [2.24, 2.45) is 11.8 Å². The number of nitrogens with one attached hydrogen (secondary N) is 1. The Morgan fingerprint density at radius 3 is 2.90 bits per heavy atom. The van der Waals surface area contributed by atoms with Crippen molar-refractivity contribution in [3.8, 4) is 0 Å². The second-order valence-electron chi connectivity index (χ2n) is 5.44. The number of nitrogens with zero attached hydrogens (tertiary/aromatic N) is 2. The fraction of sp³-hybridized carbons (Fsp3) is 0.600. The van der Waals surface area contributed by atoms with E-state index >= 15 is 0 Å². The first kappa shape index (κ1) is 14.8. The molecule has 2 rings (SSSR count). The molecule has 5 heteroatoms. The van der Waals surface area contributed by atoms with Crippen LogP contribution in [-0.2, 0) is 6.42 Å². The van der Waals surface area contributed by atoms with Gasteiger partial charge in [-0.05, 0) is 30.9 Å². The first-order chi connectivity index (χ1) is 9.67. The summed E-state index contributed by atoms with van der Waals surface area (Å²) in [6.45, 7) is 6.00. The predicted octanol–water partition coefficient (Wildman–Crippen LogP) is 2.19. The average Bonchev–Trinajstić information content (AvgIpc) is 2.95. The van der Waals surface area contributed by atoms with Gasteiger partial charge in [0.15, 0.2) is 0 Å². The fourth-order valence-corrected chi connectivity index (χ4v) is 2.70. The summed E-state index contributed by atoms with van der Waals surface area (Å²) in [7, 11) is 0. The maximum Gasteiger partial charge on any atom is 0.254 e. The van der Waals surface area contributed by atoms with Gasteiger partial charge in [0, 0.05) is 24.3 Å². The van der Waals surface area contributed by atoms with Crippen LogP contribution in [0, 0.1) is 5.92 Å². The van der Waals surface area contributed by atoms with E-state index in [9.17, 15) is 4.79 Å². The lowest BCUT2D eigenvalue weighted by molar-refractivity contribution is 0.0786. The summed E-state index contributed by atoms with van der Waals surface area (Å²) in [6.07, 6.45) is 4.09. The predicted molar refractivity (Wildman–Crippen MR) is 80.3 cm³/mol. The Morgan fingerprint density at radius 1 is 1.50 bits per heavy atom. The number of amides is 1. The van der Waals surface area contributed by atoms with Crippen LogP contribution in [0.4, 0.5) is 5.82 Å². The Labute approximate surface area is 120 Å². The van der Waals surface area contributed by atoms with E-state index in [1.165, 1.54) is 0 Å². The van der Waals surface area contributed by atoms with Gasteiger partial charge >= 0.3 is 0 Å². The largest absolute Gasteiger partial charge is 0.338 e. The van der Waals surface area contributed by atoms with Crippen LogP contribution in [0.1, 0.15) is 49.2 Å². The first-order valence-electron chi connectivity index (χ1n) is 7.44. The molecule has 0 aliphatic carbocycles. The highest BCUT2D eigenvalue weighted by Crippen LogP contribution is 2.22. The van der Waals surface area contributed by atoms with Gasteiger partial charge in [0.1, 0.15) is 5.82 Å². The molecule has 110 valence electrons. The third-order valence-electron chi connectivity index (χ3n) is 3.93. The molecule has 3 N–H and O–H groups in total. The molecule has 20 heavy (non-hydrogen) atoms.